The number of carbonyl (C=O) groups is 2. The van der Waals surface area contributed by atoms with E-state index >= 15 is 0 Å². The van der Waals surface area contributed by atoms with E-state index in [4.69, 9.17) is 11.6 Å². The van der Waals surface area contributed by atoms with Crippen LogP contribution >= 0.6 is 11.6 Å². The molecule has 0 bridgehead atoms. The largest absolute Gasteiger partial charge is 0.507 e. The lowest BCUT2D eigenvalue weighted by atomic mass is 9.84. The number of carboxylic acids is 1. The van der Waals surface area contributed by atoms with Gasteiger partial charge < -0.3 is 10.2 Å². The highest BCUT2D eigenvalue weighted by Crippen LogP contribution is 2.35. The molecule has 0 fully saturated rings. The monoisotopic (exact) mass is 464 g/mol. The standard InChI is InChI=1S/C24H21ClN4O4/c1-14-9-10-17(12-19(14)25)29-22(31)21(15(2)27-29)26-28-24(23(32)33)11-5-6-16(13-24)18-7-3-4-8-20(18)30/h3-12,28,30H,13H2,1-2H3,(H,32,33)/b26-21-. The summed E-state index contributed by atoms with van der Waals surface area (Å²) in [4.78, 5) is 25.2. The Bertz CT molecular complexity index is 1280. The molecule has 33 heavy (non-hydrogen) atoms. The average molecular weight is 465 g/mol. The van der Waals surface area contributed by atoms with Crippen molar-refractivity contribution in [1.29, 1.82) is 0 Å². The summed E-state index contributed by atoms with van der Waals surface area (Å²) in [6, 6.07) is 11.8. The van der Waals surface area contributed by atoms with E-state index in [9.17, 15) is 19.8 Å². The summed E-state index contributed by atoms with van der Waals surface area (Å²) in [6.07, 6.45) is 4.80. The third-order valence-electron chi connectivity index (χ3n) is 5.53. The van der Waals surface area contributed by atoms with E-state index in [1.807, 2.05) is 6.92 Å². The van der Waals surface area contributed by atoms with Gasteiger partial charge in [-0.2, -0.15) is 15.2 Å². The van der Waals surface area contributed by atoms with Crippen LogP contribution in [-0.2, 0) is 9.59 Å². The number of para-hydroxylation sites is 1. The molecular formula is C24H21ClN4O4. The minimum absolute atomic E-state index is 0.000571. The summed E-state index contributed by atoms with van der Waals surface area (Å²) in [6.45, 7) is 3.47. The molecule has 3 N–H and O–H groups in total. The molecule has 0 spiro atoms. The Morgan fingerprint density at radius 2 is 2.00 bits per heavy atom. The molecule has 1 unspecified atom stereocenters. The molecule has 1 heterocycles. The number of phenolic OH excluding ortho intramolecular Hbond substituents is 1. The van der Waals surface area contributed by atoms with Gasteiger partial charge in [0.25, 0.3) is 0 Å². The van der Waals surface area contributed by atoms with Gasteiger partial charge in [-0.1, -0.05) is 48.0 Å². The Morgan fingerprint density at radius 1 is 1.24 bits per heavy atom. The van der Waals surface area contributed by atoms with Crippen molar-refractivity contribution in [1.82, 2.24) is 5.43 Å². The van der Waals surface area contributed by atoms with E-state index in [0.29, 0.717) is 27.6 Å². The smallest absolute Gasteiger partial charge is 0.335 e. The highest BCUT2D eigenvalue weighted by atomic mass is 35.5. The SMILES string of the molecule is CC1=NN(c2ccc(C)c(Cl)c2)C(=O)/C1=N\NC1(C(=O)O)C=CC=C(c2ccccc2O)C1. The minimum Gasteiger partial charge on any atom is -0.507 e. The Labute approximate surface area is 195 Å². The second-order valence-corrected chi connectivity index (χ2v) is 8.24. The highest BCUT2D eigenvalue weighted by Gasteiger charge is 2.40. The average Bonchev–Trinajstić information content (AvgIpc) is 3.08. The molecule has 2 aliphatic rings. The summed E-state index contributed by atoms with van der Waals surface area (Å²) in [7, 11) is 0. The zero-order valence-electron chi connectivity index (χ0n) is 17.9. The van der Waals surface area contributed by atoms with Gasteiger partial charge in [0.1, 0.15) is 5.75 Å². The number of benzene rings is 2. The maximum absolute atomic E-state index is 13.0. The number of hydrogen-bond donors (Lipinski definition) is 3. The predicted molar refractivity (Wildman–Crippen MR) is 128 cm³/mol. The number of anilines is 1. The van der Waals surface area contributed by atoms with Crippen LogP contribution in [0.2, 0.25) is 5.02 Å². The van der Waals surface area contributed by atoms with Crippen LogP contribution in [0.3, 0.4) is 0 Å². The van der Waals surface area contributed by atoms with Gasteiger partial charge in [-0.3, -0.25) is 10.2 Å². The topological polar surface area (TPSA) is 115 Å². The molecule has 0 radical (unpaired) electrons. The Hall–Kier alpha value is -3.91. The van der Waals surface area contributed by atoms with E-state index in [2.05, 4.69) is 15.6 Å². The number of nitrogens with zero attached hydrogens (tertiary/aromatic N) is 3. The number of nitrogens with one attached hydrogen (secondary N) is 1. The molecular weight excluding hydrogens is 444 g/mol. The quantitative estimate of drug-likeness (QED) is 0.581. The molecule has 0 saturated carbocycles. The third-order valence-corrected chi connectivity index (χ3v) is 5.94. The van der Waals surface area contributed by atoms with Gasteiger partial charge in [-0.05, 0) is 49.3 Å². The third kappa shape index (κ3) is 4.12. The van der Waals surface area contributed by atoms with Crippen LogP contribution in [0.1, 0.15) is 24.5 Å². The Balaban J connectivity index is 1.61. The molecule has 168 valence electrons. The van der Waals surface area contributed by atoms with Crippen LogP contribution in [0.15, 0.2) is 70.9 Å². The van der Waals surface area contributed by atoms with E-state index in [0.717, 1.165) is 5.56 Å². The van der Waals surface area contributed by atoms with Crippen molar-refractivity contribution in [2.45, 2.75) is 25.8 Å². The fourth-order valence-corrected chi connectivity index (χ4v) is 3.79. The molecule has 1 amide bonds. The van der Waals surface area contributed by atoms with E-state index in [1.54, 1.807) is 55.5 Å². The normalized spacial score (nSPS) is 21.2. The van der Waals surface area contributed by atoms with Crippen LogP contribution in [0.25, 0.3) is 5.57 Å². The summed E-state index contributed by atoms with van der Waals surface area (Å²) in [5.41, 5.74) is 3.89. The zero-order chi connectivity index (χ0) is 23.8. The molecule has 0 saturated heterocycles. The number of amides is 1. The number of rotatable bonds is 5. The number of carboxylic acid groups (broad SMARTS) is 1. The molecule has 2 aromatic carbocycles. The van der Waals surface area contributed by atoms with Crippen molar-refractivity contribution in [3.8, 4) is 5.75 Å². The number of halogens is 1. The van der Waals surface area contributed by atoms with E-state index < -0.39 is 17.4 Å². The van der Waals surface area contributed by atoms with Crippen LogP contribution in [-0.4, -0.2) is 39.1 Å². The molecule has 2 aromatic rings. The van der Waals surface area contributed by atoms with Crippen molar-refractivity contribution in [3.05, 3.63) is 76.8 Å². The number of aromatic hydroxyl groups is 1. The first-order chi connectivity index (χ1) is 15.7. The van der Waals surface area contributed by atoms with Crippen molar-refractivity contribution in [2.75, 3.05) is 5.01 Å². The number of hydrazone groups is 2. The van der Waals surface area contributed by atoms with Crippen LogP contribution in [0.5, 0.6) is 5.75 Å². The number of hydrogen-bond acceptors (Lipinski definition) is 6. The van der Waals surface area contributed by atoms with Crippen molar-refractivity contribution < 1.29 is 19.8 Å². The molecule has 1 atom stereocenters. The summed E-state index contributed by atoms with van der Waals surface area (Å²) in [5, 5.41) is 30.3. The zero-order valence-corrected chi connectivity index (χ0v) is 18.7. The van der Waals surface area contributed by atoms with Gasteiger partial charge in [0.2, 0.25) is 0 Å². The summed E-state index contributed by atoms with van der Waals surface area (Å²) in [5.74, 6) is -1.63. The second-order valence-electron chi connectivity index (χ2n) is 7.83. The van der Waals surface area contributed by atoms with E-state index in [-0.39, 0.29) is 17.9 Å². The fraction of sp³-hybridized carbons (Fsp3) is 0.167. The second kappa shape index (κ2) is 8.55. The lowest BCUT2D eigenvalue weighted by Gasteiger charge is -2.29. The van der Waals surface area contributed by atoms with Gasteiger partial charge in [0.15, 0.2) is 11.3 Å². The molecule has 4 rings (SSSR count). The molecule has 1 aliphatic heterocycles. The van der Waals surface area contributed by atoms with Gasteiger partial charge in [0, 0.05) is 17.0 Å². The molecule has 8 nitrogen and oxygen atoms in total. The predicted octanol–water partition coefficient (Wildman–Crippen LogP) is 3.89. The molecule has 9 heteroatoms. The fourth-order valence-electron chi connectivity index (χ4n) is 3.62. The first-order valence-corrected chi connectivity index (χ1v) is 10.5. The first kappa shape index (κ1) is 22.3. The first-order valence-electron chi connectivity index (χ1n) is 10.1. The van der Waals surface area contributed by atoms with Gasteiger partial charge in [-0.25, -0.2) is 4.79 Å². The van der Waals surface area contributed by atoms with E-state index in [1.165, 1.54) is 17.2 Å². The minimum atomic E-state index is -1.61. The number of aryl methyl sites for hydroxylation is 1. The van der Waals surface area contributed by atoms with Gasteiger partial charge >= 0.3 is 11.9 Å². The maximum atomic E-state index is 13.0. The van der Waals surface area contributed by atoms with Crippen LogP contribution in [0, 0.1) is 6.92 Å². The lowest BCUT2D eigenvalue weighted by Crippen LogP contribution is -2.50. The number of aliphatic carboxylic acids is 1. The van der Waals surface area contributed by atoms with Crippen molar-refractivity contribution >= 4 is 46.2 Å². The van der Waals surface area contributed by atoms with Crippen molar-refractivity contribution in [3.63, 3.8) is 0 Å². The van der Waals surface area contributed by atoms with Crippen LogP contribution in [0.4, 0.5) is 5.69 Å². The van der Waals surface area contributed by atoms with Crippen LogP contribution < -0.4 is 10.4 Å². The Morgan fingerprint density at radius 3 is 2.70 bits per heavy atom. The summed E-state index contributed by atoms with van der Waals surface area (Å²) < 4.78 is 0. The highest BCUT2D eigenvalue weighted by molar-refractivity contribution is 6.71. The Kier molecular flexibility index (Phi) is 5.78. The van der Waals surface area contributed by atoms with Gasteiger partial charge in [-0.15, -0.1) is 0 Å². The molecule has 0 aromatic heterocycles. The van der Waals surface area contributed by atoms with Crippen molar-refractivity contribution in [2.24, 2.45) is 10.2 Å². The number of allylic oxidation sites excluding steroid dienone is 2. The lowest BCUT2D eigenvalue weighted by molar-refractivity contribution is -0.142. The summed E-state index contributed by atoms with van der Waals surface area (Å²) >= 11 is 6.18. The molecule has 1 aliphatic carbocycles. The number of phenols is 1. The van der Waals surface area contributed by atoms with Gasteiger partial charge in [0.05, 0.1) is 11.4 Å². The number of carbonyl (C=O) groups excluding carboxylic acids is 1. The maximum Gasteiger partial charge on any atom is 0.335 e.